The SMILES string of the molecule is CC(C)(C)NC(=O)[C@@H]1CSCN1C(=O)[C@@H](O)[C@H](Cc1ccccc1)NC(=O)c1ccco1. The van der Waals surface area contributed by atoms with Crippen LogP contribution >= 0.6 is 11.8 Å². The number of carbonyl (C=O) groups excluding carboxylic acids is 3. The highest BCUT2D eigenvalue weighted by molar-refractivity contribution is 7.99. The minimum atomic E-state index is -1.53. The number of nitrogens with one attached hydrogen (secondary N) is 2. The quantitative estimate of drug-likeness (QED) is 0.582. The number of thioether (sulfide) groups is 1. The molecule has 0 saturated carbocycles. The molecule has 0 radical (unpaired) electrons. The summed E-state index contributed by atoms with van der Waals surface area (Å²) in [6.45, 7) is 5.61. The van der Waals surface area contributed by atoms with Crippen LogP contribution in [-0.4, -0.2) is 63.1 Å². The highest BCUT2D eigenvalue weighted by Gasteiger charge is 2.40. The van der Waals surface area contributed by atoms with Crippen molar-refractivity contribution in [2.45, 2.75) is 50.9 Å². The van der Waals surface area contributed by atoms with E-state index in [9.17, 15) is 19.5 Å². The molecular formula is C23H29N3O5S. The van der Waals surface area contributed by atoms with Crippen molar-refractivity contribution in [3.63, 3.8) is 0 Å². The largest absolute Gasteiger partial charge is 0.459 e. The van der Waals surface area contributed by atoms with Gasteiger partial charge in [-0.3, -0.25) is 14.4 Å². The van der Waals surface area contributed by atoms with Gasteiger partial charge in [-0.15, -0.1) is 11.8 Å². The fourth-order valence-corrected chi connectivity index (χ4v) is 4.59. The van der Waals surface area contributed by atoms with Crippen LogP contribution in [0.1, 0.15) is 36.9 Å². The summed E-state index contributed by atoms with van der Waals surface area (Å²) in [4.78, 5) is 39.9. The fraction of sp³-hybridized carbons (Fsp3) is 0.435. The van der Waals surface area contributed by atoms with E-state index in [1.165, 1.54) is 29.0 Å². The first kappa shape index (κ1) is 23.9. The first-order valence-electron chi connectivity index (χ1n) is 10.4. The van der Waals surface area contributed by atoms with Gasteiger partial charge in [0.2, 0.25) is 5.91 Å². The summed E-state index contributed by atoms with van der Waals surface area (Å²) in [5.74, 6) is -0.556. The van der Waals surface area contributed by atoms with Gasteiger partial charge in [-0.2, -0.15) is 0 Å². The van der Waals surface area contributed by atoms with E-state index in [-0.39, 0.29) is 18.1 Å². The van der Waals surface area contributed by atoms with Crippen molar-refractivity contribution in [2.75, 3.05) is 11.6 Å². The van der Waals surface area contributed by atoms with Gasteiger partial charge in [0.25, 0.3) is 11.8 Å². The lowest BCUT2D eigenvalue weighted by molar-refractivity contribution is -0.146. The number of furan rings is 1. The zero-order chi connectivity index (χ0) is 23.3. The molecule has 3 rings (SSSR count). The van der Waals surface area contributed by atoms with E-state index in [1.54, 1.807) is 6.07 Å². The van der Waals surface area contributed by atoms with E-state index in [1.807, 2.05) is 51.1 Å². The minimum absolute atomic E-state index is 0.0851. The topological polar surface area (TPSA) is 112 Å². The van der Waals surface area contributed by atoms with Crippen molar-refractivity contribution in [1.82, 2.24) is 15.5 Å². The van der Waals surface area contributed by atoms with Gasteiger partial charge in [-0.1, -0.05) is 30.3 Å². The Hall–Kier alpha value is -2.78. The summed E-state index contributed by atoms with van der Waals surface area (Å²) < 4.78 is 5.14. The van der Waals surface area contributed by atoms with Gasteiger partial charge in [-0.25, -0.2) is 0 Å². The highest BCUT2D eigenvalue weighted by Crippen LogP contribution is 2.24. The number of benzene rings is 1. The fourth-order valence-electron chi connectivity index (χ4n) is 3.43. The average Bonchev–Trinajstić information content (AvgIpc) is 3.43. The molecular weight excluding hydrogens is 430 g/mol. The molecule has 1 aliphatic rings. The summed E-state index contributed by atoms with van der Waals surface area (Å²) >= 11 is 1.45. The van der Waals surface area contributed by atoms with E-state index in [2.05, 4.69) is 10.6 Å². The molecule has 2 aromatic rings. The van der Waals surface area contributed by atoms with Crippen LogP contribution in [0.15, 0.2) is 53.1 Å². The molecule has 8 nitrogen and oxygen atoms in total. The Morgan fingerprint density at radius 1 is 1.19 bits per heavy atom. The molecule has 0 spiro atoms. The van der Waals surface area contributed by atoms with Gasteiger partial charge in [0.05, 0.1) is 18.2 Å². The number of carbonyl (C=O) groups is 3. The second-order valence-electron chi connectivity index (χ2n) is 8.75. The van der Waals surface area contributed by atoms with Crippen LogP contribution in [0.4, 0.5) is 0 Å². The van der Waals surface area contributed by atoms with E-state index < -0.39 is 35.5 Å². The number of rotatable bonds is 7. The molecule has 1 aromatic heterocycles. The maximum absolute atomic E-state index is 13.2. The van der Waals surface area contributed by atoms with Gasteiger partial charge in [0.15, 0.2) is 11.9 Å². The van der Waals surface area contributed by atoms with Gasteiger partial charge in [0, 0.05) is 11.3 Å². The molecule has 32 heavy (non-hydrogen) atoms. The maximum atomic E-state index is 13.2. The molecule has 0 bridgehead atoms. The summed E-state index contributed by atoms with van der Waals surface area (Å²) in [5, 5.41) is 16.6. The van der Waals surface area contributed by atoms with E-state index in [4.69, 9.17) is 4.42 Å². The Labute approximate surface area is 191 Å². The lowest BCUT2D eigenvalue weighted by atomic mass is 9.99. The van der Waals surface area contributed by atoms with Crippen LogP contribution in [0.5, 0.6) is 0 Å². The third kappa shape index (κ3) is 6.14. The molecule has 172 valence electrons. The van der Waals surface area contributed by atoms with Crippen molar-refractivity contribution < 1.29 is 23.9 Å². The van der Waals surface area contributed by atoms with E-state index in [0.717, 1.165) is 5.56 Å². The van der Waals surface area contributed by atoms with Crippen molar-refractivity contribution in [3.8, 4) is 0 Å². The standard InChI is InChI=1S/C23H29N3O5S/c1-23(2,3)25-20(28)17-13-32-14-26(17)22(30)19(27)16(12-15-8-5-4-6-9-15)24-21(29)18-10-7-11-31-18/h4-11,16-17,19,27H,12-14H2,1-3H3,(H,24,29)(H,25,28)/t16-,17-,19-/m0/s1. The van der Waals surface area contributed by atoms with Crippen molar-refractivity contribution >= 4 is 29.5 Å². The number of amides is 3. The van der Waals surface area contributed by atoms with Crippen LogP contribution < -0.4 is 10.6 Å². The normalized spacial score (nSPS) is 18.1. The highest BCUT2D eigenvalue weighted by atomic mass is 32.2. The first-order valence-corrected chi connectivity index (χ1v) is 11.6. The number of aliphatic hydroxyl groups is 1. The Kier molecular flexibility index (Phi) is 7.63. The molecule has 1 saturated heterocycles. The van der Waals surface area contributed by atoms with Crippen LogP contribution in [-0.2, 0) is 16.0 Å². The summed E-state index contributed by atoms with van der Waals surface area (Å²) in [6, 6.07) is 10.8. The third-order valence-corrected chi connectivity index (χ3v) is 5.97. The lowest BCUT2D eigenvalue weighted by Gasteiger charge is -2.31. The number of nitrogens with zero attached hydrogens (tertiary/aromatic N) is 1. The minimum Gasteiger partial charge on any atom is -0.459 e. The van der Waals surface area contributed by atoms with Crippen molar-refractivity contribution in [3.05, 3.63) is 60.1 Å². The first-order chi connectivity index (χ1) is 15.2. The van der Waals surface area contributed by atoms with Gasteiger partial charge < -0.3 is 25.1 Å². The molecule has 1 aliphatic heterocycles. The second kappa shape index (κ2) is 10.2. The summed E-state index contributed by atoms with van der Waals surface area (Å²) in [7, 11) is 0. The average molecular weight is 460 g/mol. The monoisotopic (exact) mass is 459 g/mol. The van der Waals surface area contributed by atoms with E-state index in [0.29, 0.717) is 11.6 Å². The van der Waals surface area contributed by atoms with Crippen molar-refractivity contribution in [1.29, 1.82) is 0 Å². The maximum Gasteiger partial charge on any atom is 0.287 e. The van der Waals surface area contributed by atoms with Crippen LogP contribution in [0.25, 0.3) is 0 Å². The zero-order valence-electron chi connectivity index (χ0n) is 18.4. The Morgan fingerprint density at radius 3 is 2.53 bits per heavy atom. The molecule has 3 atom stereocenters. The smallest absolute Gasteiger partial charge is 0.287 e. The van der Waals surface area contributed by atoms with Crippen molar-refractivity contribution in [2.24, 2.45) is 0 Å². The Morgan fingerprint density at radius 2 is 1.91 bits per heavy atom. The molecule has 1 fully saturated rings. The second-order valence-corrected chi connectivity index (χ2v) is 9.75. The van der Waals surface area contributed by atoms with Crippen LogP contribution in [0, 0.1) is 0 Å². The molecule has 0 aliphatic carbocycles. The van der Waals surface area contributed by atoms with Crippen LogP contribution in [0.3, 0.4) is 0 Å². The third-order valence-electron chi connectivity index (χ3n) is 4.96. The predicted molar refractivity (Wildman–Crippen MR) is 122 cm³/mol. The molecule has 2 heterocycles. The van der Waals surface area contributed by atoms with Crippen LogP contribution in [0.2, 0.25) is 0 Å². The molecule has 3 amide bonds. The van der Waals surface area contributed by atoms with Gasteiger partial charge in [0.1, 0.15) is 6.04 Å². The Bertz CT molecular complexity index is 927. The van der Waals surface area contributed by atoms with Gasteiger partial charge in [-0.05, 0) is 44.9 Å². The molecule has 3 N–H and O–H groups in total. The molecule has 0 unspecified atom stereocenters. The van der Waals surface area contributed by atoms with Gasteiger partial charge >= 0.3 is 0 Å². The zero-order valence-corrected chi connectivity index (χ0v) is 19.2. The Balaban J connectivity index is 1.77. The lowest BCUT2D eigenvalue weighted by Crippen LogP contribution is -2.57. The predicted octanol–water partition coefficient (Wildman–Crippen LogP) is 1.80. The van der Waals surface area contributed by atoms with E-state index >= 15 is 0 Å². The summed E-state index contributed by atoms with van der Waals surface area (Å²) in [6.07, 6.45) is 0.0838. The number of hydrogen-bond donors (Lipinski definition) is 3. The molecule has 9 heteroatoms. The molecule has 1 aromatic carbocycles. The number of aliphatic hydroxyl groups excluding tert-OH is 1. The summed E-state index contributed by atoms with van der Waals surface area (Å²) in [5.41, 5.74) is 0.409. The number of hydrogen-bond acceptors (Lipinski definition) is 6.